The predicted octanol–water partition coefficient (Wildman–Crippen LogP) is 2.17. The molecule has 1 aliphatic rings. The molecule has 1 fully saturated rings. The summed E-state index contributed by atoms with van der Waals surface area (Å²) in [6, 6.07) is 8.18. The van der Waals surface area contributed by atoms with E-state index in [0.717, 1.165) is 36.7 Å². The summed E-state index contributed by atoms with van der Waals surface area (Å²) >= 11 is 0. The van der Waals surface area contributed by atoms with Crippen molar-refractivity contribution >= 4 is 10.8 Å². The quantitative estimate of drug-likeness (QED) is 0.911. The van der Waals surface area contributed by atoms with E-state index in [1.54, 1.807) is 6.26 Å². The average Bonchev–Trinajstić information content (AvgIpc) is 2.99. The fourth-order valence-electron chi connectivity index (χ4n) is 2.94. The first-order valence-electron chi connectivity index (χ1n) is 7.89. The summed E-state index contributed by atoms with van der Waals surface area (Å²) in [5.41, 5.74) is 1.18. The van der Waals surface area contributed by atoms with Crippen LogP contribution < -0.4 is 5.32 Å². The summed E-state index contributed by atoms with van der Waals surface area (Å²) in [6.45, 7) is 1.55. The van der Waals surface area contributed by atoms with Crippen LogP contribution in [0.2, 0.25) is 0 Å². The molecule has 2 aromatic rings. The Morgan fingerprint density at radius 2 is 2.17 bits per heavy atom. The molecule has 0 saturated carbocycles. The van der Waals surface area contributed by atoms with Gasteiger partial charge in [-0.25, -0.2) is 4.98 Å². The molecule has 3 rings (SSSR count). The lowest BCUT2D eigenvalue weighted by molar-refractivity contribution is -0.0178. The lowest BCUT2D eigenvalue weighted by atomic mass is 10.0. The molecule has 1 saturated heterocycles. The van der Waals surface area contributed by atoms with Crippen LogP contribution in [0, 0.1) is 0 Å². The highest BCUT2D eigenvalue weighted by molar-refractivity contribution is 7.84. The molecule has 3 atom stereocenters. The summed E-state index contributed by atoms with van der Waals surface area (Å²) in [5.74, 6) is 0.971. The third-order valence-electron chi connectivity index (χ3n) is 4.26. The maximum absolute atomic E-state index is 11.4. The third kappa shape index (κ3) is 3.88. The van der Waals surface area contributed by atoms with Gasteiger partial charge >= 0.3 is 0 Å². The van der Waals surface area contributed by atoms with E-state index in [9.17, 15) is 4.21 Å². The number of benzene rings is 1. The Morgan fingerprint density at radius 1 is 1.39 bits per heavy atom. The van der Waals surface area contributed by atoms with Gasteiger partial charge in [0, 0.05) is 60.6 Å². The van der Waals surface area contributed by atoms with Crippen molar-refractivity contribution in [2.24, 2.45) is 7.05 Å². The molecule has 1 unspecified atom stereocenters. The molecular weight excluding hydrogens is 310 g/mol. The van der Waals surface area contributed by atoms with Gasteiger partial charge in [0.25, 0.3) is 0 Å². The highest BCUT2D eigenvalue weighted by Crippen LogP contribution is 2.27. The number of aryl methyl sites for hydroxylation is 1. The van der Waals surface area contributed by atoms with Crippen LogP contribution >= 0.6 is 0 Å². The number of ether oxygens (including phenoxy) is 1. The van der Waals surface area contributed by atoms with Gasteiger partial charge in [-0.1, -0.05) is 12.1 Å². The third-order valence-corrected chi connectivity index (χ3v) is 5.19. The molecular formula is C17H23N3O2S. The lowest BCUT2D eigenvalue weighted by Crippen LogP contribution is -2.40. The first-order valence-corrected chi connectivity index (χ1v) is 9.45. The first kappa shape index (κ1) is 16.4. The van der Waals surface area contributed by atoms with E-state index in [1.165, 1.54) is 5.56 Å². The summed E-state index contributed by atoms with van der Waals surface area (Å²) in [7, 11) is 1.08. The normalized spacial score (nSPS) is 22.9. The van der Waals surface area contributed by atoms with Gasteiger partial charge in [-0.15, -0.1) is 0 Å². The number of nitrogens with one attached hydrogen (secondary N) is 1. The molecule has 0 amide bonds. The van der Waals surface area contributed by atoms with Gasteiger partial charge in [0.1, 0.15) is 11.9 Å². The fourth-order valence-corrected chi connectivity index (χ4v) is 3.46. The Hall–Kier alpha value is -1.50. The number of hydrogen-bond acceptors (Lipinski definition) is 4. The van der Waals surface area contributed by atoms with Crippen molar-refractivity contribution in [1.82, 2.24) is 14.9 Å². The average molecular weight is 333 g/mol. The lowest BCUT2D eigenvalue weighted by Gasteiger charge is -2.32. The van der Waals surface area contributed by atoms with E-state index >= 15 is 0 Å². The second-order valence-corrected chi connectivity index (χ2v) is 7.30. The van der Waals surface area contributed by atoms with Gasteiger partial charge in [0.2, 0.25) is 0 Å². The largest absolute Gasteiger partial charge is 0.369 e. The molecule has 1 aromatic carbocycles. The predicted molar refractivity (Wildman–Crippen MR) is 90.5 cm³/mol. The molecule has 5 nitrogen and oxygen atoms in total. The van der Waals surface area contributed by atoms with Gasteiger partial charge in [-0.3, -0.25) is 4.21 Å². The Morgan fingerprint density at radius 3 is 2.83 bits per heavy atom. The van der Waals surface area contributed by atoms with Crippen LogP contribution in [0.25, 0.3) is 0 Å². The van der Waals surface area contributed by atoms with Crippen molar-refractivity contribution in [3.63, 3.8) is 0 Å². The Balaban J connectivity index is 1.65. The Kier molecular flexibility index (Phi) is 5.25. The van der Waals surface area contributed by atoms with Crippen LogP contribution in [0.1, 0.15) is 30.3 Å². The Labute approximate surface area is 139 Å². The zero-order valence-corrected chi connectivity index (χ0v) is 14.4. The zero-order valence-electron chi connectivity index (χ0n) is 13.6. The van der Waals surface area contributed by atoms with Crippen molar-refractivity contribution in [3.8, 4) is 0 Å². The summed E-state index contributed by atoms with van der Waals surface area (Å²) in [4.78, 5) is 5.30. The summed E-state index contributed by atoms with van der Waals surface area (Å²) < 4.78 is 19.4. The van der Waals surface area contributed by atoms with E-state index < -0.39 is 10.8 Å². The molecule has 23 heavy (non-hydrogen) atoms. The maximum atomic E-state index is 11.4. The van der Waals surface area contributed by atoms with Crippen LogP contribution in [-0.4, -0.2) is 32.7 Å². The summed E-state index contributed by atoms with van der Waals surface area (Å²) in [5, 5.41) is 3.60. The van der Waals surface area contributed by atoms with Crippen molar-refractivity contribution in [2.45, 2.75) is 36.4 Å². The fraction of sp³-hybridized carbons (Fsp3) is 0.471. The van der Waals surface area contributed by atoms with Crippen molar-refractivity contribution in [2.75, 3.05) is 12.9 Å². The van der Waals surface area contributed by atoms with Gasteiger partial charge in [0.05, 0.1) is 0 Å². The molecule has 0 radical (unpaired) electrons. The van der Waals surface area contributed by atoms with Crippen LogP contribution in [0.3, 0.4) is 0 Å². The maximum Gasteiger partial charge on any atom is 0.139 e. The molecule has 0 spiro atoms. The molecule has 0 aliphatic carbocycles. The van der Waals surface area contributed by atoms with Gasteiger partial charge in [-0.05, 0) is 30.5 Å². The number of rotatable bonds is 5. The second-order valence-electron chi connectivity index (χ2n) is 5.92. The van der Waals surface area contributed by atoms with E-state index in [2.05, 4.69) is 10.3 Å². The molecule has 1 aliphatic heterocycles. The van der Waals surface area contributed by atoms with Crippen LogP contribution in [-0.2, 0) is 29.1 Å². The second kappa shape index (κ2) is 7.38. The van der Waals surface area contributed by atoms with Gasteiger partial charge in [-0.2, -0.15) is 0 Å². The minimum atomic E-state index is -0.926. The van der Waals surface area contributed by atoms with Crippen LogP contribution in [0.15, 0.2) is 41.6 Å². The van der Waals surface area contributed by atoms with Crippen molar-refractivity contribution in [3.05, 3.63) is 48.0 Å². The standard InChI is InChI=1S/C17H23N3O2S/c1-20-10-9-18-17(20)16-15(4-3-11-22-16)19-12-13-5-7-14(8-6-13)23(2)21/h5-10,15-16,19H,3-4,11-12H2,1-2H3/t15-,16-,23?/m0/s1. The number of hydrogen-bond donors (Lipinski definition) is 1. The molecule has 124 valence electrons. The molecule has 2 heterocycles. The SMILES string of the molecule is Cn1ccnc1[C@H]1OCCC[C@@H]1NCc1ccc(S(C)=O)cc1. The minimum absolute atomic E-state index is 0.00818. The Bertz CT molecular complexity index is 669. The molecule has 1 N–H and O–H groups in total. The topological polar surface area (TPSA) is 56.1 Å². The number of nitrogens with zero attached hydrogens (tertiary/aromatic N) is 2. The molecule has 1 aromatic heterocycles. The van der Waals surface area contributed by atoms with E-state index in [0.29, 0.717) is 0 Å². The van der Waals surface area contributed by atoms with E-state index in [-0.39, 0.29) is 12.1 Å². The zero-order chi connectivity index (χ0) is 16.2. The van der Waals surface area contributed by atoms with Crippen LogP contribution in [0.4, 0.5) is 0 Å². The smallest absolute Gasteiger partial charge is 0.139 e. The molecule has 0 bridgehead atoms. The molecule has 6 heteroatoms. The van der Waals surface area contributed by atoms with Crippen molar-refractivity contribution in [1.29, 1.82) is 0 Å². The number of aromatic nitrogens is 2. The monoisotopic (exact) mass is 333 g/mol. The van der Waals surface area contributed by atoms with E-state index in [1.807, 2.05) is 48.3 Å². The number of imidazole rings is 1. The highest BCUT2D eigenvalue weighted by Gasteiger charge is 2.29. The van der Waals surface area contributed by atoms with Gasteiger partial charge in [0.15, 0.2) is 0 Å². The minimum Gasteiger partial charge on any atom is -0.369 e. The van der Waals surface area contributed by atoms with E-state index in [4.69, 9.17) is 4.74 Å². The highest BCUT2D eigenvalue weighted by atomic mass is 32.2. The summed E-state index contributed by atoms with van der Waals surface area (Å²) in [6.07, 6.45) is 7.60. The van der Waals surface area contributed by atoms with Crippen LogP contribution in [0.5, 0.6) is 0 Å². The van der Waals surface area contributed by atoms with Gasteiger partial charge < -0.3 is 14.6 Å². The van der Waals surface area contributed by atoms with Crippen molar-refractivity contribution < 1.29 is 8.95 Å². The first-order chi connectivity index (χ1) is 11.1.